The molecule has 21 heavy (non-hydrogen) atoms. The predicted octanol–water partition coefficient (Wildman–Crippen LogP) is 1.21. The fourth-order valence-corrected chi connectivity index (χ4v) is 2.38. The molecule has 0 saturated heterocycles. The molecule has 3 rings (SSSR count). The molecular formula is C15H19N5O. The molecule has 110 valence electrons. The fourth-order valence-electron chi connectivity index (χ4n) is 2.38. The number of anilines is 2. The Kier molecular flexibility index (Phi) is 3.77. The third-order valence-electron chi connectivity index (χ3n) is 3.47. The van der Waals surface area contributed by atoms with Crippen molar-refractivity contribution in [2.24, 2.45) is 0 Å². The number of benzene rings is 1. The number of hydrogen-bond acceptors (Lipinski definition) is 4. The summed E-state index contributed by atoms with van der Waals surface area (Å²) in [4.78, 5) is 12.2. The highest BCUT2D eigenvalue weighted by Gasteiger charge is 2.22. The van der Waals surface area contributed by atoms with Crippen LogP contribution in [-0.4, -0.2) is 34.8 Å². The summed E-state index contributed by atoms with van der Waals surface area (Å²) in [7, 11) is 0. The minimum absolute atomic E-state index is 0.000816. The number of nitrogens with one attached hydrogen (secondary N) is 3. The molecule has 0 radical (unpaired) electrons. The lowest BCUT2D eigenvalue weighted by Crippen LogP contribution is -2.46. The number of hydrogen-bond donors (Lipinski definition) is 3. The third-order valence-corrected chi connectivity index (χ3v) is 3.47. The maximum atomic E-state index is 12.2. The number of amides is 1. The van der Waals surface area contributed by atoms with Gasteiger partial charge in [-0.3, -0.25) is 9.48 Å². The molecule has 0 aliphatic carbocycles. The molecule has 0 saturated carbocycles. The van der Waals surface area contributed by atoms with Gasteiger partial charge in [-0.1, -0.05) is 12.1 Å². The van der Waals surface area contributed by atoms with Crippen molar-refractivity contribution in [1.29, 1.82) is 0 Å². The lowest BCUT2D eigenvalue weighted by molar-refractivity contribution is -0.121. The first-order valence-corrected chi connectivity index (χ1v) is 7.08. The van der Waals surface area contributed by atoms with Gasteiger partial charge in [-0.25, -0.2) is 0 Å². The van der Waals surface area contributed by atoms with Crippen LogP contribution in [-0.2, 0) is 11.3 Å². The van der Waals surface area contributed by atoms with Crippen molar-refractivity contribution in [3.05, 3.63) is 42.2 Å². The molecule has 1 amide bonds. The summed E-state index contributed by atoms with van der Waals surface area (Å²) in [6.45, 7) is 3.83. The summed E-state index contributed by atoms with van der Waals surface area (Å²) in [6.07, 6.45) is 3.77. The van der Waals surface area contributed by atoms with Crippen molar-refractivity contribution in [3.63, 3.8) is 0 Å². The van der Waals surface area contributed by atoms with Crippen LogP contribution in [0.25, 0.3) is 0 Å². The highest BCUT2D eigenvalue weighted by Crippen LogP contribution is 2.24. The first-order valence-electron chi connectivity index (χ1n) is 7.08. The Morgan fingerprint density at radius 1 is 1.43 bits per heavy atom. The van der Waals surface area contributed by atoms with E-state index in [0.717, 1.165) is 16.9 Å². The fraction of sp³-hybridized carbons (Fsp3) is 0.333. The van der Waals surface area contributed by atoms with E-state index in [1.165, 1.54) is 0 Å². The molecular weight excluding hydrogens is 266 g/mol. The van der Waals surface area contributed by atoms with E-state index < -0.39 is 0 Å². The van der Waals surface area contributed by atoms with Crippen molar-refractivity contribution in [2.75, 3.05) is 23.7 Å². The molecule has 1 aliphatic heterocycles. The molecule has 0 fully saturated rings. The summed E-state index contributed by atoms with van der Waals surface area (Å²) in [5.74, 6) is 0.000816. The Morgan fingerprint density at radius 2 is 2.24 bits per heavy atom. The standard InChI is InChI=1S/C15H19N5O/c1-11-8-18-20(10-11)7-6-16-15(21)14-9-17-12-4-2-3-5-13(12)19-14/h2-5,8,10,14,17,19H,6-7,9H2,1H3,(H,16,21). The molecule has 1 atom stereocenters. The molecule has 0 spiro atoms. The van der Waals surface area contributed by atoms with Crippen LogP contribution < -0.4 is 16.0 Å². The van der Waals surface area contributed by atoms with Crippen LogP contribution in [0.4, 0.5) is 11.4 Å². The zero-order valence-corrected chi connectivity index (χ0v) is 12.0. The molecule has 1 aromatic carbocycles. The van der Waals surface area contributed by atoms with E-state index in [0.29, 0.717) is 19.6 Å². The lowest BCUT2D eigenvalue weighted by Gasteiger charge is -2.27. The summed E-state index contributed by atoms with van der Waals surface area (Å²) < 4.78 is 1.83. The normalized spacial score (nSPS) is 16.5. The van der Waals surface area contributed by atoms with E-state index in [4.69, 9.17) is 0 Å². The monoisotopic (exact) mass is 285 g/mol. The molecule has 0 bridgehead atoms. The molecule has 3 N–H and O–H groups in total. The molecule has 6 heteroatoms. The number of aromatic nitrogens is 2. The van der Waals surface area contributed by atoms with E-state index in [9.17, 15) is 4.79 Å². The molecule has 2 aromatic rings. The first kappa shape index (κ1) is 13.5. The number of rotatable bonds is 4. The van der Waals surface area contributed by atoms with Crippen LogP contribution in [0.2, 0.25) is 0 Å². The molecule has 1 unspecified atom stereocenters. The molecule has 6 nitrogen and oxygen atoms in total. The number of fused-ring (bicyclic) bond motifs is 1. The van der Waals surface area contributed by atoms with Gasteiger partial charge in [0, 0.05) is 19.3 Å². The average Bonchev–Trinajstić information content (AvgIpc) is 2.92. The number of carbonyl (C=O) groups is 1. The van der Waals surface area contributed by atoms with Crippen molar-refractivity contribution in [3.8, 4) is 0 Å². The van der Waals surface area contributed by atoms with Gasteiger partial charge in [-0.05, 0) is 24.6 Å². The predicted molar refractivity (Wildman–Crippen MR) is 82.3 cm³/mol. The summed E-state index contributed by atoms with van der Waals surface area (Å²) in [6, 6.07) is 7.64. The highest BCUT2D eigenvalue weighted by molar-refractivity contribution is 5.88. The lowest BCUT2D eigenvalue weighted by atomic mass is 10.1. The topological polar surface area (TPSA) is 71.0 Å². The highest BCUT2D eigenvalue weighted by atomic mass is 16.2. The van der Waals surface area contributed by atoms with Gasteiger partial charge in [0.25, 0.3) is 0 Å². The second-order valence-corrected chi connectivity index (χ2v) is 5.20. The van der Waals surface area contributed by atoms with Crippen LogP contribution in [0.1, 0.15) is 5.56 Å². The third kappa shape index (κ3) is 3.16. The van der Waals surface area contributed by atoms with Gasteiger partial charge < -0.3 is 16.0 Å². The maximum Gasteiger partial charge on any atom is 0.244 e. The van der Waals surface area contributed by atoms with Crippen LogP contribution in [0, 0.1) is 6.92 Å². The van der Waals surface area contributed by atoms with Crippen molar-refractivity contribution in [2.45, 2.75) is 19.5 Å². The Labute approximate surface area is 123 Å². The van der Waals surface area contributed by atoms with Crippen LogP contribution in [0.3, 0.4) is 0 Å². The summed E-state index contributed by atoms with van der Waals surface area (Å²) >= 11 is 0. The molecule has 2 heterocycles. The van der Waals surface area contributed by atoms with Gasteiger partial charge in [0.05, 0.1) is 24.1 Å². The summed E-state index contributed by atoms with van der Waals surface area (Å²) in [5.41, 5.74) is 3.12. The number of carbonyl (C=O) groups excluding carboxylic acids is 1. The van der Waals surface area contributed by atoms with E-state index in [-0.39, 0.29) is 11.9 Å². The van der Waals surface area contributed by atoms with Crippen molar-refractivity contribution < 1.29 is 4.79 Å². The molecule has 1 aliphatic rings. The van der Waals surface area contributed by atoms with E-state index in [1.54, 1.807) is 0 Å². The minimum atomic E-state index is -0.251. The first-order chi connectivity index (χ1) is 10.2. The Balaban J connectivity index is 1.50. The smallest absolute Gasteiger partial charge is 0.244 e. The second kappa shape index (κ2) is 5.87. The minimum Gasteiger partial charge on any atom is -0.381 e. The SMILES string of the molecule is Cc1cnn(CCNC(=O)C2CNc3ccccc3N2)c1. The Bertz CT molecular complexity index is 636. The van der Waals surface area contributed by atoms with Gasteiger partial charge in [0.2, 0.25) is 5.91 Å². The van der Waals surface area contributed by atoms with Gasteiger partial charge in [0.15, 0.2) is 0 Å². The maximum absolute atomic E-state index is 12.2. The second-order valence-electron chi connectivity index (χ2n) is 5.20. The van der Waals surface area contributed by atoms with Gasteiger partial charge in [-0.15, -0.1) is 0 Å². The van der Waals surface area contributed by atoms with Crippen LogP contribution >= 0.6 is 0 Å². The van der Waals surface area contributed by atoms with Crippen molar-refractivity contribution >= 4 is 17.3 Å². The summed E-state index contributed by atoms with van der Waals surface area (Å²) in [5, 5.41) is 13.6. The Hall–Kier alpha value is -2.50. The van der Waals surface area contributed by atoms with E-state index >= 15 is 0 Å². The quantitative estimate of drug-likeness (QED) is 0.790. The number of nitrogens with zero attached hydrogens (tertiary/aromatic N) is 2. The molecule has 1 aromatic heterocycles. The zero-order valence-electron chi connectivity index (χ0n) is 12.0. The number of aryl methyl sites for hydroxylation is 1. The average molecular weight is 285 g/mol. The van der Waals surface area contributed by atoms with Crippen LogP contribution in [0.5, 0.6) is 0 Å². The number of para-hydroxylation sites is 2. The zero-order chi connectivity index (χ0) is 14.7. The Morgan fingerprint density at radius 3 is 3.00 bits per heavy atom. The van der Waals surface area contributed by atoms with Crippen molar-refractivity contribution in [1.82, 2.24) is 15.1 Å². The van der Waals surface area contributed by atoms with E-state index in [1.807, 2.05) is 48.3 Å². The van der Waals surface area contributed by atoms with Gasteiger partial charge in [-0.2, -0.15) is 5.10 Å². The van der Waals surface area contributed by atoms with Gasteiger partial charge >= 0.3 is 0 Å². The largest absolute Gasteiger partial charge is 0.381 e. The van der Waals surface area contributed by atoms with E-state index in [2.05, 4.69) is 21.0 Å². The van der Waals surface area contributed by atoms with Gasteiger partial charge in [0.1, 0.15) is 6.04 Å². The van der Waals surface area contributed by atoms with Crippen LogP contribution in [0.15, 0.2) is 36.7 Å².